The van der Waals surface area contributed by atoms with Crippen molar-refractivity contribution in [2.45, 2.75) is 33.6 Å². The van der Waals surface area contributed by atoms with Gasteiger partial charge in [-0.05, 0) is 30.8 Å². The van der Waals surface area contributed by atoms with E-state index in [1.54, 1.807) is 0 Å². The maximum Gasteiger partial charge on any atom is 0.0224 e. The van der Waals surface area contributed by atoms with Gasteiger partial charge in [-0.2, -0.15) is 0 Å². The first-order chi connectivity index (χ1) is 5.55. The number of rotatable bonds is 1. The highest BCUT2D eigenvalue weighted by molar-refractivity contribution is 5.75. The van der Waals surface area contributed by atoms with Gasteiger partial charge in [0.25, 0.3) is 0 Å². The van der Waals surface area contributed by atoms with Gasteiger partial charge < -0.3 is 10.7 Å². The maximum absolute atomic E-state index is 7.12. The zero-order chi connectivity index (χ0) is 9.19. The van der Waals surface area contributed by atoms with Gasteiger partial charge in [-0.25, -0.2) is 0 Å². The monoisotopic (exact) mass is 166 g/mol. The van der Waals surface area contributed by atoms with Crippen LogP contribution < -0.4 is 5.32 Å². The Morgan fingerprint density at radius 3 is 2.67 bits per heavy atom. The lowest BCUT2D eigenvalue weighted by atomic mass is 9.83. The normalized spacial score (nSPS) is 25.9. The Kier molecular flexibility index (Phi) is 2.55. The van der Waals surface area contributed by atoms with E-state index in [0.717, 1.165) is 18.5 Å². The smallest absolute Gasteiger partial charge is 0.0224 e. The molecule has 0 bridgehead atoms. The molecular formula is C10H18N2. The molecule has 0 radical (unpaired) electrons. The first-order valence-corrected chi connectivity index (χ1v) is 4.49. The Labute approximate surface area is 74.6 Å². The Bertz CT molecular complexity index is 202. The quantitative estimate of drug-likeness (QED) is 0.576. The summed E-state index contributed by atoms with van der Waals surface area (Å²) in [6, 6.07) is 0. The van der Waals surface area contributed by atoms with Crippen LogP contribution in [-0.2, 0) is 0 Å². The first-order valence-electron chi connectivity index (χ1n) is 4.49. The minimum atomic E-state index is 0.422. The highest BCUT2D eigenvalue weighted by Crippen LogP contribution is 2.28. The lowest BCUT2D eigenvalue weighted by Crippen LogP contribution is -2.35. The third-order valence-corrected chi connectivity index (χ3v) is 2.52. The molecule has 0 spiro atoms. The van der Waals surface area contributed by atoms with Crippen LogP contribution in [-0.4, -0.2) is 12.8 Å². The van der Waals surface area contributed by atoms with E-state index in [4.69, 9.17) is 5.41 Å². The van der Waals surface area contributed by atoms with Crippen molar-refractivity contribution in [2.24, 2.45) is 5.41 Å². The van der Waals surface area contributed by atoms with Gasteiger partial charge >= 0.3 is 0 Å². The van der Waals surface area contributed by atoms with E-state index in [-0.39, 0.29) is 0 Å². The van der Waals surface area contributed by atoms with Gasteiger partial charge in [0.15, 0.2) is 0 Å². The summed E-state index contributed by atoms with van der Waals surface area (Å²) >= 11 is 0. The lowest BCUT2D eigenvalue weighted by Gasteiger charge is -2.32. The Balaban J connectivity index is 2.63. The highest BCUT2D eigenvalue weighted by atomic mass is 14.9. The predicted molar refractivity (Wildman–Crippen MR) is 52.5 cm³/mol. The minimum absolute atomic E-state index is 0.422. The summed E-state index contributed by atoms with van der Waals surface area (Å²) in [5.74, 6) is 0. The zero-order valence-corrected chi connectivity index (χ0v) is 8.20. The molecule has 1 aliphatic rings. The SMILES string of the molecule is C/C(C=N)=C1\CCC(C)(C)CN1. The first kappa shape index (κ1) is 9.30. The molecule has 1 fully saturated rings. The summed E-state index contributed by atoms with van der Waals surface area (Å²) in [6.45, 7) is 7.58. The second-order valence-electron chi connectivity index (χ2n) is 4.32. The molecule has 68 valence electrons. The molecule has 0 aromatic rings. The van der Waals surface area contributed by atoms with Gasteiger partial charge in [-0.1, -0.05) is 13.8 Å². The summed E-state index contributed by atoms with van der Waals surface area (Å²) in [7, 11) is 0. The molecule has 0 amide bonds. The maximum atomic E-state index is 7.12. The average Bonchev–Trinajstić information content (AvgIpc) is 2.03. The fourth-order valence-electron chi connectivity index (χ4n) is 1.41. The van der Waals surface area contributed by atoms with Crippen LogP contribution in [0.4, 0.5) is 0 Å². The van der Waals surface area contributed by atoms with Crippen molar-refractivity contribution in [3.63, 3.8) is 0 Å². The largest absolute Gasteiger partial charge is 0.388 e. The van der Waals surface area contributed by atoms with Crippen molar-refractivity contribution in [2.75, 3.05) is 6.54 Å². The molecular weight excluding hydrogens is 148 g/mol. The Morgan fingerprint density at radius 2 is 2.25 bits per heavy atom. The standard InChI is InChI=1S/C10H18N2/c1-8(6-11)9-4-5-10(2,3)7-12-9/h6,11-12H,4-5,7H2,1-3H3/b9-8-,11-6?. The fraction of sp³-hybridized carbons (Fsp3) is 0.700. The van der Waals surface area contributed by atoms with Gasteiger partial charge in [-0.15, -0.1) is 0 Å². The topological polar surface area (TPSA) is 35.9 Å². The molecule has 2 heteroatoms. The fourth-order valence-corrected chi connectivity index (χ4v) is 1.41. The number of hydrogen-bond acceptors (Lipinski definition) is 2. The van der Waals surface area contributed by atoms with Crippen molar-refractivity contribution in [1.82, 2.24) is 5.32 Å². The Morgan fingerprint density at radius 1 is 1.58 bits per heavy atom. The van der Waals surface area contributed by atoms with E-state index in [2.05, 4.69) is 19.2 Å². The van der Waals surface area contributed by atoms with Crippen LogP contribution in [0.1, 0.15) is 33.6 Å². The molecule has 1 rings (SSSR count). The molecule has 0 atom stereocenters. The molecule has 12 heavy (non-hydrogen) atoms. The van der Waals surface area contributed by atoms with Gasteiger partial charge in [-0.3, -0.25) is 0 Å². The molecule has 0 aromatic heterocycles. The molecule has 0 saturated carbocycles. The molecule has 2 N–H and O–H groups in total. The van der Waals surface area contributed by atoms with Crippen molar-refractivity contribution in [3.05, 3.63) is 11.3 Å². The minimum Gasteiger partial charge on any atom is -0.388 e. The van der Waals surface area contributed by atoms with E-state index in [0.29, 0.717) is 5.41 Å². The second kappa shape index (κ2) is 3.30. The van der Waals surface area contributed by atoms with E-state index in [9.17, 15) is 0 Å². The van der Waals surface area contributed by atoms with Crippen LogP contribution in [0, 0.1) is 10.8 Å². The van der Waals surface area contributed by atoms with E-state index < -0.39 is 0 Å². The third-order valence-electron chi connectivity index (χ3n) is 2.52. The number of nitrogens with one attached hydrogen (secondary N) is 2. The van der Waals surface area contributed by atoms with E-state index >= 15 is 0 Å². The molecule has 0 aromatic carbocycles. The van der Waals surface area contributed by atoms with E-state index in [1.807, 2.05) is 6.92 Å². The Hall–Kier alpha value is -0.790. The second-order valence-corrected chi connectivity index (χ2v) is 4.32. The van der Waals surface area contributed by atoms with Crippen LogP contribution in [0.3, 0.4) is 0 Å². The van der Waals surface area contributed by atoms with Gasteiger partial charge in [0.05, 0.1) is 0 Å². The molecule has 1 saturated heterocycles. The zero-order valence-electron chi connectivity index (χ0n) is 8.20. The molecule has 1 heterocycles. The van der Waals surface area contributed by atoms with Crippen molar-refractivity contribution in [1.29, 1.82) is 5.41 Å². The molecule has 2 nitrogen and oxygen atoms in total. The van der Waals surface area contributed by atoms with Crippen molar-refractivity contribution in [3.8, 4) is 0 Å². The number of hydrogen-bond donors (Lipinski definition) is 2. The summed E-state index contributed by atoms with van der Waals surface area (Å²) in [5.41, 5.74) is 2.75. The van der Waals surface area contributed by atoms with Crippen LogP contribution >= 0.6 is 0 Å². The summed E-state index contributed by atoms with van der Waals surface area (Å²) in [5, 5.41) is 10.5. The van der Waals surface area contributed by atoms with Crippen LogP contribution in [0.5, 0.6) is 0 Å². The molecule has 0 unspecified atom stereocenters. The van der Waals surface area contributed by atoms with Crippen LogP contribution in [0.2, 0.25) is 0 Å². The predicted octanol–water partition coefficient (Wildman–Crippen LogP) is 2.32. The third kappa shape index (κ3) is 2.10. The van der Waals surface area contributed by atoms with Crippen LogP contribution in [0.25, 0.3) is 0 Å². The van der Waals surface area contributed by atoms with Gasteiger partial charge in [0.2, 0.25) is 0 Å². The summed E-state index contributed by atoms with van der Waals surface area (Å²) in [6.07, 6.45) is 3.75. The molecule has 1 aliphatic heterocycles. The van der Waals surface area contributed by atoms with Gasteiger partial charge in [0.1, 0.15) is 0 Å². The highest BCUT2D eigenvalue weighted by Gasteiger charge is 2.23. The summed E-state index contributed by atoms with van der Waals surface area (Å²) in [4.78, 5) is 0. The van der Waals surface area contributed by atoms with Crippen molar-refractivity contribution < 1.29 is 0 Å². The van der Waals surface area contributed by atoms with Crippen LogP contribution in [0.15, 0.2) is 11.3 Å². The number of piperidine rings is 1. The lowest BCUT2D eigenvalue weighted by molar-refractivity contribution is 0.290. The summed E-state index contributed by atoms with van der Waals surface area (Å²) < 4.78 is 0. The molecule has 0 aliphatic carbocycles. The van der Waals surface area contributed by atoms with E-state index in [1.165, 1.54) is 18.3 Å². The average molecular weight is 166 g/mol. The van der Waals surface area contributed by atoms with Gasteiger partial charge in [0, 0.05) is 18.5 Å². The van der Waals surface area contributed by atoms with Crippen molar-refractivity contribution >= 4 is 6.21 Å². The number of allylic oxidation sites excluding steroid dienone is 2.